The van der Waals surface area contributed by atoms with E-state index in [2.05, 4.69) is 20.8 Å². The normalized spacial score (nSPS) is 31.6. The van der Waals surface area contributed by atoms with E-state index in [1.807, 2.05) is 13.0 Å². The summed E-state index contributed by atoms with van der Waals surface area (Å²) < 4.78 is 5.35. The van der Waals surface area contributed by atoms with Gasteiger partial charge < -0.3 is 9.84 Å². The summed E-state index contributed by atoms with van der Waals surface area (Å²) in [6.07, 6.45) is 2.05. The first kappa shape index (κ1) is 18.2. The number of carbonyl (C=O) groups is 1. The molecule has 1 aliphatic carbocycles. The zero-order chi connectivity index (χ0) is 18.4. The van der Waals surface area contributed by atoms with Crippen LogP contribution in [0.3, 0.4) is 0 Å². The molecule has 0 spiro atoms. The molecule has 0 bridgehead atoms. The highest BCUT2D eigenvalue weighted by Gasteiger charge is 2.70. The van der Waals surface area contributed by atoms with Gasteiger partial charge in [0, 0.05) is 23.8 Å². The van der Waals surface area contributed by atoms with Gasteiger partial charge in [-0.2, -0.15) is 0 Å². The van der Waals surface area contributed by atoms with Gasteiger partial charge in [0.2, 0.25) is 0 Å². The number of ether oxygens (including phenoxy) is 1. The molecule has 0 amide bonds. The lowest BCUT2D eigenvalue weighted by Gasteiger charge is -2.62. The third-order valence-corrected chi connectivity index (χ3v) is 6.02. The fourth-order valence-electron chi connectivity index (χ4n) is 5.13. The van der Waals surface area contributed by atoms with E-state index in [1.54, 1.807) is 6.07 Å². The molecule has 5 heteroatoms. The number of ketones is 1. The van der Waals surface area contributed by atoms with Gasteiger partial charge in [0.05, 0.1) is 7.11 Å². The van der Waals surface area contributed by atoms with Crippen molar-refractivity contribution in [2.75, 3.05) is 7.11 Å². The largest absolute Gasteiger partial charge is 0.504 e. The Balaban J connectivity index is 2.31. The van der Waals surface area contributed by atoms with E-state index < -0.39 is 11.0 Å². The average Bonchev–Trinajstić information content (AvgIpc) is 2.51. The first-order chi connectivity index (χ1) is 11.8. The molecule has 1 aromatic rings. The smallest absolute Gasteiger partial charge is 0.161 e. The summed E-state index contributed by atoms with van der Waals surface area (Å²) in [6, 6.07) is 3.70. The van der Waals surface area contributed by atoms with Gasteiger partial charge in [-0.3, -0.25) is 4.79 Å². The summed E-state index contributed by atoms with van der Waals surface area (Å²) in [5, 5.41) is 11.0. The molecule has 138 valence electrons. The molecule has 3 rings (SSSR count). The van der Waals surface area contributed by atoms with Crippen LogP contribution in [0.15, 0.2) is 12.1 Å². The fraction of sp³-hybridized carbons (Fsp3) is 0.650. The van der Waals surface area contributed by atoms with Gasteiger partial charge in [-0.15, -0.1) is 0 Å². The Morgan fingerprint density at radius 3 is 2.64 bits per heavy atom. The van der Waals surface area contributed by atoms with E-state index >= 15 is 0 Å². The van der Waals surface area contributed by atoms with Crippen molar-refractivity contribution >= 4 is 5.78 Å². The Bertz CT molecular complexity index is 683. The molecule has 1 aromatic carbocycles. The number of methoxy groups -OCH3 is 1. The van der Waals surface area contributed by atoms with Crippen LogP contribution in [0.2, 0.25) is 0 Å². The maximum atomic E-state index is 12.6. The summed E-state index contributed by atoms with van der Waals surface area (Å²) in [7, 11) is 1.54. The number of rotatable bonds is 5. The van der Waals surface area contributed by atoms with Crippen molar-refractivity contribution in [1.82, 2.24) is 0 Å². The average molecular weight is 348 g/mol. The molecule has 1 saturated carbocycles. The van der Waals surface area contributed by atoms with E-state index in [-0.39, 0.29) is 23.6 Å². The van der Waals surface area contributed by atoms with Gasteiger partial charge in [0.1, 0.15) is 17.5 Å². The van der Waals surface area contributed by atoms with Crippen LogP contribution in [0.5, 0.6) is 11.5 Å². The van der Waals surface area contributed by atoms with Crippen molar-refractivity contribution < 1.29 is 24.4 Å². The van der Waals surface area contributed by atoms with Crippen LogP contribution >= 0.6 is 0 Å². The van der Waals surface area contributed by atoms with Gasteiger partial charge in [-0.05, 0) is 30.9 Å². The molecule has 1 N–H and O–H groups in total. The topological polar surface area (TPSA) is 65.0 Å². The molecule has 1 saturated heterocycles. The summed E-state index contributed by atoms with van der Waals surface area (Å²) in [5.74, 6) is 0.820. The lowest BCUT2D eigenvalue weighted by molar-refractivity contribution is -0.538. The number of fused-ring (bicyclic) bond motifs is 1. The SMILES string of the molecule is CCCC1(c2c(C)ccc(OC)c2O)CC(=O)CC2OOC21C(C)C. The maximum Gasteiger partial charge on any atom is 0.161 e. The Kier molecular flexibility index (Phi) is 4.58. The van der Waals surface area contributed by atoms with Gasteiger partial charge in [-0.1, -0.05) is 33.3 Å². The predicted molar refractivity (Wildman–Crippen MR) is 93.7 cm³/mol. The lowest BCUT2D eigenvalue weighted by atomic mass is 9.51. The second-order valence-corrected chi connectivity index (χ2v) is 7.68. The number of benzene rings is 1. The van der Waals surface area contributed by atoms with Crippen molar-refractivity contribution in [3.05, 3.63) is 23.3 Å². The molecule has 3 unspecified atom stereocenters. The van der Waals surface area contributed by atoms with Crippen molar-refractivity contribution in [1.29, 1.82) is 0 Å². The van der Waals surface area contributed by atoms with Gasteiger partial charge in [-0.25, -0.2) is 9.78 Å². The number of aryl methyl sites for hydroxylation is 1. The van der Waals surface area contributed by atoms with Gasteiger partial charge in [0.25, 0.3) is 0 Å². The van der Waals surface area contributed by atoms with E-state index in [4.69, 9.17) is 14.5 Å². The van der Waals surface area contributed by atoms with Crippen LogP contribution in [0.4, 0.5) is 0 Å². The third kappa shape index (κ3) is 2.32. The summed E-state index contributed by atoms with van der Waals surface area (Å²) in [4.78, 5) is 23.8. The Hall–Kier alpha value is -1.59. The molecule has 5 nitrogen and oxygen atoms in total. The number of hydrogen-bond acceptors (Lipinski definition) is 5. The van der Waals surface area contributed by atoms with Crippen LogP contribution in [0, 0.1) is 12.8 Å². The zero-order valence-electron chi connectivity index (χ0n) is 15.7. The van der Waals surface area contributed by atoms with E-state index in [0.29, 0.717) is 18.6 Å². The van der Waals surface area contributed by atoms with Crippen LogP contribution < -0.4 is 4.74 Å². The minimum Gasteiger partial charge on any atom is -0.504 e. The molecule has 1 heterocycles. The number of carbonyl (C=O) groups excluding carboxylic acids is 1. The highest BCUT2D eigenvalue weighted by molar-refractivity contribution is 5.83. The molecule has 0 radical (unpaired) electrons. The second-order valence-electron chi connectivity index (χ2n) is 7.68. The lowest BCUT2D eigenvalue weighted by Crippen LogP contribution is -2.74. The van der Waals surface area contributed by atoms with Crippen molar-refractivity contribution in [3.63, 3.8) is 0 Å². The van der Waals surface area contributed by atoms with E-state index in [9.17, 15) is 9.90 Å². The number of phenols is 1. The minimum absolute atomic E-state index is 0.111. The molecular formula is C20H28O5. The van der Waals surface area contributed by atoms with Crippen molar-refractivity contribution in [3.8, 4) is 11.5 Å². The highest BCUT2D eigenvalue weighted by atomic mass is 17.3. The van der Waals surface area contributed by atoms with Crippen molar-refractivity contribution in [2.24, 2.45) is 5.92 Å². The zero-order valence-corrected chi connectivity index (χ0v) is 15.7. The molecule has 0 aromatic heterocycles. The first-order valence-corrected chi connectivity index (χ1v) is 9.07. The molecule has 25 heavy (non-hydrogen) atoms. The Morgan fingerprint density at radius 2 is 2.12 bits per heavy atom. The van der Waals surface area contributed by atoms with Crippen LogP contribution in [-0.2, 0) is 20.0 Å². The molecule has 2 fully saturated rings. The Morgan fingerprint density at radius 1 is 1.40 bits per heavy atom. The van der Waals surface area contributed by atoms with Crippen LogP contribution in [0.1, 0.15) is 57.6 Å². The molecular weight excluding hydrogens is 320 g/mol. The Labute approximate surface area is 149 Å². The number of hydrogen-bond donors (Lipinski definition) is 1. The van der Waals surface area contributed by atoms with Crippen LogP contribution in [-0.4, -0.2) is 29.7 Å². The number of Topliss-reactive ketones (excluding diaryl/α,β-unsaturated/α-hetero) is 1. The van der Waals surface area contributed by atoms with E-state index in [0.717, 1.165) is 24.0 Å². The fourth-order valence-corrected chi connectivity index (χ4v) is 5.13. The summed E-state index contributed by atoms with van der Waals surface area (Å²) >= 11 is 0. The van der Waals surface area contributed by atoms with Crippen LogP contribution in [0.25, 0.3) is 0 Å². The number of phenolic OH excluding ortho intramolecular Hbond substituents is 1. The standard InChI is InChI=1S/C20H28O5/c1-6-9-19(17-13(4)7-8-15(23-5)18(17)22)11-14(21)10-16-20(19,12(2)3)25-24-16/h7-8,12,16,22H,6,9-11H2,1-5H3. The second kappa shape index (κ2) is 6.29. The van der Waals surface area contributed by atoms with E-state index in [1.165, 1.54) is 7.11 Å². The quantitative estimate of drug-likeness (QED) is 0.819. The maximum absolute atomic E-state index is 12.6. The molecule has 3 atom stereocenters. The first-order valence-electron chi connectivity index (χ1n) is 9.07. The highest BCUT2D eigenvalue weighted by Crippen LogP contribution is 2.61. The number of aromatic hydroxyl groups is 1. The summed E-state index contributed by atoms with van der Waals surface area (Å²) in [5.41, 5.74) is 0.460. The monoisotopic (exact) mass is 348 g/mol. The molecule has 1 aliphatic heterocycles. The third-order valence-electron chi connectivity index (χ3n) is 6.02. The molecule has 2 aliphatic rings. The summed E-state index contributed by atoms with van der Waals surface area (Å²) in [6.45, 7) is 8.26. The van der Waals surface area contributed by atoms with Crippen molar-refractivity contribution in [2.45, 2.75) is 70.5 Å². The van der Waals surface area contributed by atoms with Gasteiger partial charge in [0.15, 0.2) is 11.5 Å². The van der Waals surface area contributed by atoms with Gasteiger partial charge >= 0.3 is 0 Å². The minimum atomic E-state index is -0.628. The predicted octanol–water partition coefficient (Wildman–Crippen LogP) is 3.84.